The van der Waals surface area contributed by atoms with Gasteiger partial charge in [0, 0.05) is 40.7 Å². The van der Waals surface area contributed by atoms with Crippen LogP contribution in [0.2, 0.25) is 5.02 Å². The van der Waals surface area contributed by atoms with Gasteiger partial charge in [0.1, 0.15) is 5.82 Å². The minimum Gasteiger partial charge on any atom is -0.369 e. The molecule has 0 radical (unpaired) electrons. The van der Waals surface area contributed by atoms with Crippen molar-refractivity contribution in [2.45, 2.75) is 37.7 Å². The summed E-state index contributed by atoms with van der Waals surface area (Å²) >= 11 is 8.62. The van der Waals surface area contributed by atoms with E-state index in [-0.39, 0.29) is 15.9 Å². The second kappa shape index (κ2) is 8.20. The van der Waals surface area contributed by atoms with Crippen LogP contribution in [0.15, 0.2) is 36.5 Å². The van der Waals surface area contributed by atoms with Gasteiger partial charge in [-0.05, 0) is 57.5 Å². The van der Waals surface area contributed by atoms with Crippen LogP contribution < -0.4 is 10.6 Å². The molecule has 1 aliphatic rings. The van der Waals surface area contributed by atoms with Crippen molar-refractivity contribution in [3.05, 3.63) is 69.6 Å². The van der Waals surface area contributed by atoms with Gasteiger partial charge in [0.15, 0.2) is 0 Å². The number of aromatic nitrogens is 3. The van der Waals surface area contributed by atoms with Crippen LogP contribution in [0, 0.1) is 13.8 Å². The van der Waals surface area contributed by atoms with Gasteiger partial charge in [-0.15, -0.1) is 11.8 Å². The number of amides is 1. The van der Waals surface area contributed by atoms with Crippen LogP contribution in [-0.4, -0.2) is 32.0 Å². The summed E-state index contributed by atoms with van der Waals surface area (Å²) in [5.41, 5.74) is 5.07. The highest BCUT2D eigenvalue weighted by Crippen LogP contribution is 2.50. The second-order valence-corrected chi connectivity index (χ2v) is 10.6. The first-order valence-corrected chi connectivity index (χ1v) is 11.4. The summed E-state index contributed by atoms with van der Waals surface area (Å²) in [6.45, 7) is 9.15. The van der Waals surface area contributed by atoms with Crippen LogP contribution in [0.4, 0.5) is 11.5 Å². The van der Waals surface area contributed by atoms with Crippen molar-refractivity contribution in [1.29, 1.82) is 0 Å². The van der Waals surface area contributed by atoms with E-state index in [1.165, 1.54) is 0 Å². The number of aryl methyl sites for hydroxylation is 3. The molecule has 6 nitrogen and oxygen atoms in total. The van der Waals surface area contributed by atoms with Crippen LogP contribution in [0.5, 0.6) is 0 Å². The average Bonchev–Trinajstić information content (AvgIpc) is 2.90. The summed E-state index contributed by atoms with van der Waals surface area (Å²) in [6, 6.07) is 9.17. The Morgan fingerprint density at radius 1 is 1.29 bits per heavy atom. The van der Waals surface area contributed by atoms with Crippen molar-refractivity contribution in [1.82, 2.24) is 14.8 Å². The third-order valence-electron chi connectivity index (χ3n) is 5.45. The number of halogens is 1. The van der Waals surface area contributed by atoms with Gasteiger partial charge in [-0.25, -0.2) is 0 Å². The molecule has 0 spiro atoms. The van der Waals surface area contributed by atoms with E-state index < -0.39 is 0 Å². The Morgan fingerprint density at radius 3 is 2.77 bits per heavy atom. The molecule has 31 heavy (non-hydrogen) atoms. The highest BCUT2D eigenvalue weighted by Gasteiger charge is 2.35. The zero-order valence-corrected chi connectivity index (χ0v) is 19.9. The SMILES string of the molecule is Cc1ncccc1NC(=O)c1ccc(C2SC(C)(C)CNc3c2c(C)nn3C)c(Cl)c1. The molecule has 0 saturated carbocycles. The maximum Gasteiger partial charge on any atom is 0.255 e. The Labute approximate surface area is 191 Å². The molecule has 3 aromatic rings. The van der Waals surface area contributed by atoms with E-state index in [0.717, 1.165) is 34.9 Å². The maximum atomic E-state index is 12.8. The van der Waals surface area contributed by atoms with Crippen LogP contribution >= 0.6 is 23.4 Å². The van der Waals surface area contributed by atoms with Crippen LogP contribution in [0.25, 0.3) is 0 Å². The lowest BCUT2D eigenvalue weighted by molar-refractivity contribution is 0.102. The number of carbonyl (C=O) groups is 1. The van der Waals surface area contributed by atoms with Crippen molar-refractivity contribution < 1.29 is 4.79 Å². The van der Waals surface area contributed by atoms with E-state index in [1.807, 2.05) is 55.5 Å². The highest BCUT2D eigenvalue weighted by atomic mass is 35.5. The molecule has 1 aromatic carbocycles. The standard InChI is InChI=1S/C23H26ClN5OS/c1-13-18(7-6-10-25-13)27-22(30)15-8-9-16(17(24)11-15)20-19-14(2)28-29(5)21(19)26-12-23(3,4)31-20/h6-11,20,26H,12H2,1-5H3,(H,27,30). The minimum atomic E-state index is -0.210. The molecule has 1 atom stereocenters. The van der Waals surface area contributed by atoms with Crippen LogP contribution in [0.3, 0.4) is 0 Å². The summed E-state index contributed by atoms with van der Waals surface area (Å²) in [6.07, 6.45) is 1.70. The van der Waals surface area contributed by atoms with Gasteiger partial charge in [0.2, 0.25) is 0 Å². The number of carbonyl (C=O) groups excluding carboxylic acids is 1. The number of hydrogen-bond donors (Lipinski definition) is 2. The number of nitrogens with one attached hydrogen (secondary N) is 2. The monoisotopic (exact) mass is 455 g/mol. The number of hydrogen-bond acceptors (Lipinski definition) is 5. The molecular formula is C23H26ClN5OS. The van der Waals surface area contributed by atoms with Gasteiger partial charge < -0.3 is 10.6 Å². The lowest BCUT2D eigenvalue weighted by atomic mass is 10.0. The zero-order chi connectivity index (χ0) is 22.3. The summed E-state index contributed by atoms with van der Waals surface area (Å²) < 4.78 is 1.89. The van der Waals surface area contributed by atoms with E-state index >= 15 is 0 Å². The predicted octanol–water partition coefficient (Wildman–Crippen LogP) is 5.36. The second-order valence-electron chi connectivity index (χ2n) is 8.41. The Balaban J connectivity index is 1.69. The van der Waals surface area contributed by atoms with Gasteiger partial charge >= 0.3 is 0 Å². The van der Waals surface area contributed by atoms with Crippen molar-refractivity contribution in [2.24, 2.45) is 7.05 Å². The highest BCUT2D eigenvalue weighted by molar-refractivity contribution is 8.01. The molecule has 3 heterocycles. The van der Waals surface area contributed by atoms with Gasteiger partial charge in [-0.2, -0.15) is 5.10 Å². The van der Waals surface area contributed by atoms with Crippen LogP contribution in [-0.2, 0) is 7.05 Å². The molecule has 162 valence electrons. The molecular weight excluding hydrogens is 430 g/mol. The molecule has 4 rings (SSSR count). The number of benzene rings is 1. The Morgan fingerprint density at radius 2 is 2.06 bits per heavy atom. The average molecular weight is 456 g/mol. The minimum absolute atomic E-state index is 0.00661. The Kier molecular flexibility index (Phi) is 5.75. The molecule has 8 heteroatoms. The first-order chi connectivity index (χ1) is 14.7. The van der Waals surface area contributed by atoms with Crippen molar-refractivity contribution in [3.8, 4) is 0 Å². The zero-order valence-electron chi connectivity index (χ0n) is 18.3. The third kappa shape index (κ3) is 4.29. The number of rotatable bonds is 3. The number of anilines is 2. The van der Waals surface area contributed by atoms with Gasteiger partial charge in [-0.3, -0.25) is 14.5 Å². The first kappa shape index (κ1) is 21.7. The molecule has 2 aromatic heterocycles. The van der Waals surface area contributed by atoms with Crippen molar-refractivity contribution >= 4 is 40.8 Å². The van der Waals surface area contributed by atoms with E-state index in [0.29, 0.717) is 16.3 Å². The fraction of sp³-hybridized carbons (Fsp3) is 0.348. The lowest BCUT2D eigenvalue weighted by Crippen LogP contribution is -2.26. The van der Waals surface area contributed by atoms with Gasteiger partial charge in [0.05, 0.1) is 22.3 Å². The van der Waals surface area contributed by atoms with E-state index in [1.54, 1.807) is 18.3 Å². The molecule has 0 saturated heterocycles. The van der Waals surface area contributed by atoms with Gasteiger partial charge in [-0.1, -0.05) is 17.7 Å². The molecule has 1 aliphatic heterocycles. The number of fused-ring (bicyclic) bond motifs is 1. The summed E-state index contributed by atoms with van der Waals surface area (Å²) in [4.78, 5) is 17.0. The largest absolute Gasteiger partial charge is 0.369 e. The molecule has 1 unspecified atom stereocenters. The Hall–Kier alpha value is -2.51. The number of thioether (sulfide) groups is 1. The third-order valence-corrected chi connectivity index (χ3v) is 7.28. The van der Waals surface area contributed by atoms with Crippen molar-refractivity contribution in [2.75, 3.05) is 17.2 Å². The summed E-state index contributed by atoms with van der Waals surface area (Å²) in [5.74, 6) is 0.809. The fourth-order valence-corrected chi connectivity index (χ4v) is 5.71. The molecule has 0 aliphatic carbocycles. The van der Waals surface area contributed by atoms with E-state index in [9.17, 15) is 4.79 Å². The first-order valence-electron chi connectivity index (χ1n) is 10.1. The van der Waals surface area contributed by atoms with E-state index in [2.05, 4.69) is 34.6 Å². The normalized spacial score (nSPS) is 17.4. The smallest absolute Gasteiger partial charge is 0.255 e. The lowest BCUT2D eigenvalue weighted by Gasteiger charge is -2.27. The van der Waals surface area contributed by atoms with E-state index in [4.69, 9.17) is 11.6 Å². The Bertz CT molecular complexity index is 1160. The topological polar surface area (TPSA) is 71.8 Å². The van der Waals surface area contributed by atoms with Gasteiger partial charge in [0.25, 0.3) is 5.91 Å². The quantitative estimate of drug-likeness (QED) is 0.555. The fourth-order valence-electron chi connectivity index (χ4n) is 3.83. The maximum absolute atomic E-state index is 12.8. The molecule has 0 fully saturated rings. The predicted molar refractivity (Wildman–Crippen MR) is 128 cm³/mol. The molecule has 2 N–H and O–H groups in total. The number of pyridine rings is 1. The summed E-state index contributed by atoms with van der Waals surface area (Å²) in [5, 5.41) is 11.7. The molecule has 1 amide bonds. The van der Waals surface area contributed by atoms with Crippen LogP contribution in [0.1, 0.15) is 52.0 Å². The number of nitrogens with zero attached hydrogens (tertiary/aromatic N) is 3. The van der Waals surface area contributed by atoms with Crippen molar-refractivity contribution in [3.63, 3.8) is 0 Å². The molecule has 0 bridgehead atoms. The summed E-state index contributed by atoms with van der Waals surface area (Å²) in [7, 11) is 1.95.